The summed E-state index contributed by atoms with van der Waals surface area (Å²) in [6.07, 6.45) is 0.205. The van der Waals surface area contributed by atoms with Gasteiger partial charge in [0, 0.05) is 12.1 Å². The summed E-state index contributed by atoms with van der Waals surface area (Å²) < 4.78 is 0. The van der Waals surface area contributed by atoms with Gasteiger partial charge in [-0.25, -0.2) is 0 Å². The highest BCUT2D eigenvalue weighted by Gasteiger charge is 2.06. The third-order valence-electron chi connectivity index (χ3n) is 2.53. The smallest absolute Gasteiger partial charge is 0.251 e. The van der Waals surface area contributed by atoms with E-state index < -0.39 is 0 Å². The van der Waals surface area contributed by atoms with Crippen LogP contribution in [-0.2, 0) is 0 Å². The van der Waals surface area contributed by atoms with Gasteiger partial charge in [-0.15, -0.1) is 0 Å². The molecule has 88 valence electrons. The molecule has 1 aromatic rings. The van der Waals surface area contributed by atoms with Gasteiger partial charge in [0.05, 0.1) is 6.17 Å². The van der Waals surface area contributed by atoms with Crippen LogP contribution in [0.25, 0.3) is 0 Å². The average molecular weight is 221 g/mol. The van der Waals surface area contributed by atoms with Gasteiger partial charge in [-0.05, 0) is 43.5 Å². The Labute approximate surface area is 96.0 Å². The van der Waals surface area contributed by atoms with E-state index in [0.29, 0.717) is 18.5 Å². The fourth-order valence-electron chi connectivity index (χ4n) is 1.34. The second kappa shape index (κ2) is 5.63. The minimum absolute atomic E-state index is 0.0799. The predicted molar refractivity (Wildman–Crippen MR) is 65.0 cm³/mol. The first kappa shape index (κ1) is 12.7. The fraction of sp³-hybridized carbons (Fsp3) is 0.417. The maximum atomic E-state index is 11.7. The summed E-state index contributed by atoms with van der Waals surface area (Å²) in [4.78, 5) is 11.7. The maximum Gasteiger partial charge on any atom is 0.251 e. The van der Waals surface area contributed by atoms with E-state index in [0.717, 1.165) is 5.56 Å². The summed E-state index contributed by atoms with van der Waals surface area (Å²) in [6, 6.07) is 5.64. The minimum atomic E-state index is -0.375. The molecule has 0 spiro atoms. The predicted octanol–water partition coefficient (Wildman–Crippen LogP) is 0.667. The number of carbonyl (C=O) groups is 1. The Morgan fingerprint density at radius 3 is 2.56 bits per heavy atom. The van der Waals surface area contributed by atoms with Crippen LogP contribution in [0.2, 0.25) is 0 Å². The SMILES string of the molecule is Cc1ccc(C(=O)NCCC(N)N)cc1C. The van der Waals surface area contributed by atoms with E-state index in [1.54, 1.807) is 0 Å². The standard InChI is InChI=1S/C12H19N3O/c1-8-3-4-10(7-9(8)2)12(16)15-6-5-11(13)14/h3-4,7,11H,5-6,13-14H2,1-2H3,(H,15,16). The number of benzene rings is 1. The lowest BCUT2D eigenvalue weighted by molar-refractivity contribution is 0.0952. The first-order chi connectivity index (χ1) is 7.50. The van der Waals surface area contributed by atoms with Crippen molar-refractivity contribution in [1.29, 1.82) is 0 Å². The van der Waals surface area contributed by atoms with Gasteiger partial charge in [0.1, 0.15) is 0 Å². The molecule has 0 aliphatic carbocycles. The molecular formula is C12H19N3O. The van der Waals surface area contributed by atoms with E-state index in [9.17, 15) is 4.79 Å². The van der Waals surface area contributed by atoms with Crippen molar-refractivity contribution < 1.29 is 4.79 Å². The van der Waals surface area contributed by atoms with Crippen LogP contribution in [0.5, 0.6) is 0 Å². The van der Waals surface area contributed by atoms with E-state index in [2.05, 4.69) is 5.32 Å². The van der Waals surface area contributed by atoms with Gasteiger partial charge in [-0.3, -0.25) is 4.79 Å². The van der Waals surface area contributed by atoms with Gasteiger partial charge in [0.2, 0.25) is 0 Å². The maximum absolute atomic E-state index is 11.7. The Bertz CT molecular complexity index is 375. The van der Waals surface area contributed by atoms with Crippen LogP contribution in [0.4, 0.5) is 0 Å². The summed E-state index contributed by atoms with van der Waals surface area (Å²) in [5.74, 6) is -0.0799. The van der Waals surface area contributed by atoms with Gasteiger partial charge in [-0.2, -0.15) is 0 Å². The van der Waals surface area contributed by atoms with Crippen molar-refractivity contribution in [2.45, 2.75) is 26.4 Å². The number of aryl methyl sites for hydroxylation is 2. The van der Waals surface area contributed by atoms with Gasteiger partial charge in [0.25, 0.3) is 5.91 Å². The highest BCUT2D eigenvalue weighted by molar-refractivity contribution is 5.94. The van der Waals surface area contributed by atoms with E-state index in [4.69, 9.17) is 11.5 Å². The molecule has 0 atom stereocenters. The number of hydrogen-bond acceptors (Lipinski definition) is 3. The molecule has 0 aliphatic heterocycles. The topological polar surface area (TPSA) is 81.1 Å². The molecular weight excluding hydrogens is 202 g/mol. The zero-order valence-corrected chi connectivity index (χ0v) is 9.79. The largest absolute Gasteiger partial charge is 0.352 e. The van der Waals surface area contributed by atoms with Gasteiger partial charge in [-0.1, -0.05) is 6.07 Å². The summed E-state index contributed by atoms with van der Waals surface area (Å²) >= 11 is 0. The molecule has 5 N–H and O–H groups in total. The highest BCUT2D eigenvalue weighted by Crippen LogP contribution is 2.09. The molecule has 1 aromatic carbocycles. The second-order valence-corrected chi connectivity index (χ2v) is 4.01. The van der Waals surface area contributed by atoms with Crippen LogP contribution < -0.4 is 16.8 Å². The Morgan fingerprint density at radius 2 is 2.00 bits per heavy atom. The molecule has 4 heteroatoms. The molecule has 0 unspecified atom stereocenters. The monoisotopic (exact) mass is 221 g/mol. The first-order valence-corrected chi connectivity index (χ1v) is 5.37. The molecule has 0 saturated carbocycles. The Balaban J connectivity index is 2.56. The second-order valence-electron chi connectivity index (χ2n) is 4.01. The van der Waals surface area contributed by atoms with Crippen molar-refractivity contribution in [3.05, 3.63) is 34.9 Å². The summed E-state index contributed by atoms with van der Waals surface area (Å²) in [5, 5.41) is 2.78. The molecule has 1 amide bonds. The van der Waals surface area contributed by atoms with E-state index in [-0.39, 0.29) is 12.1 Å². The van der Waals surface area contributed by atoms with Crippen LogP contribution in [-0.4, -0.2) is 18.6 Å². The quantitative estimate of drug-likeness (QED) is 0.653. The van der Waals surface area contributed by atoms with Crippen molar-refractivity contribution in [2.75, 3.05) is 6.54 Å². The van der Waals surface area contributed by atoms with Gasteiger partial charge in [0.15, 0.2) is 0 Å². The van der Waals surface area contributed by atoms with Crippen LogP contribution in [0.3, 0.4) is 0 Å². The zero-order valence-electron chi connectivity index (χ0n) is 9.79. The normalized spacial score (nSPS) is 10.6. The van der Waals surface area contributed by atoms with Crippen molar-refractivity contribution in [3.8, 4) is 0 Å². The lowest BCUT2D eigenvalue weighted by atomic mass is 10.1. The third-order valence-corrected chi connectivity index (χ3v) is 2.53. The Morgan fingerprint density at radius 1 is 1.31 bits per heavy atom. The molecule has 0 heterocycles. The Kier molecular flexibility index (Phi) is 4.46. The lowest BCUT2D eigenvalue weighted by Gasteiger charge is -2.08. The number of amides is 1. The van der Waals surface area contributed by atoms with Crippen LogP contribution >= 0.6 is 0 Å². The van der Waals surface area contributed by atoms with Crippen molar-refractivity contribution in [3.63, 3.8) is 0 Å². The van der Waals surface area contributed by atoms with Crippen molar-refractivity contribution >= 4 is 5.91 Å². The van der Waals surface area contributed by atoms with E-state index in [1.807, 2.05) is 32.0 Å². The third kappa shape index (κ3) is 3.64. The molecule has 0 fully saturated rings. The molecule has 0 radical (unpaired) electrons. The molecule has 0 aromatic heterocycles. The van der Waals surface area contributed by atoms with Gasteiger partial charge < -0.3 is 16.8 Å². The van der Waals surface area contributed by atoms with Crippen LogP contribution in [0.15, 0.2) is 18.2 Å². The lowest BCUT2D eigenvalue weighted by Crippen LogP contribution is -2.35. The number of nitrogens with one attached hydrogen (secondary N) is 1. The van der Waals surface area contributed by atoms with E-state index in [1.165, 1.54) is 5.56 Å². The molecule has 16 heavy (non-hydrogen) atoms. The van der Waals surface area contributed by atoms with E-state index >= 15 is 0 Å². The summed E-state index contributed by atoms with van der Waals surface area (Å²) in [5.41, 5.74) is 13.7. The van der Waals surface area contributed by atoms with Crippen LogP contribution in [0, 0.1) is 13.8 Å². The molecule has 0 saturated heterocycles. The number of rotatable bonds is 4. The number of hydrogen-bond donors (Lipinski definition) is 3. The van der Waals surface area contributed by atoms with Crippen molar-refractivity contribution in [2.24, 2.45) is 11.5 Å². The average Bonchev–Trinajstić information content (AvgIpc) is 2.21. The summed E-state index contributed by atoms with van der Waals surface area (Å²) in [6.45, 7) is 4.51. The minimum Gasteiger partial charge on any atom is -0.352 e. The van der Waals surface area contributed by atoms with Crippen molar-refractivity contribution in [1.82, 2.24) is 5.32 Å². The zero-order chi connectivity index (χ0) is 12.1. The first-order valence-electron chi connectivity index (χ1n) is 5.37. The Hall–Kier alpha value is -1.39. The fourth-order valence-corrected chi connectivity index (χ4v) is 1.34. The molecule has 1 rings (SSSR count). The number of carbonyl (C=O) groups excluding carboxylic acids is 1. The molecule has 4 nitrogen and oxygen atoms in total. The van der Waals surface area contributed by atoms with Crippen LogP contribution in [0.1, 0.15) is 27.9 Å². The van der Waals surface area contributed by atoms with Gasteiger partial charge >= 0.3 is 0 Å². The highest BCUT2D eigenvalue weighted by atomic mass is 16.1. The molecule has 0 aliphatic rings. The molecule has 0 bridgehead atoms. The summed E-state index contributed by atoms with van der Waals surface area (Å²) in [7, 11) is 0. The number of nitrogens with two attached hydrogens (primary N) is 2.